The van der Waals surface area contributed by atoms with Gasteiger partial charge in [-0.1, -0.05) is 85.8 Å². The van der Waals surface area contributed by atoms with Gasteiger partial charge in [0.2, 0.25) is 0 Å². The van der Waals surface area contributed by atoms with Crippen LogP contribution < -0.4 is 11.2 Å². The maximum absolute atomic E-state index is 13.8. The van der Waals surface area contributed by atoms with Crippen LogP contribution in [0.5, 0.6) is 0 Å². The number of hydrogen-bond acceptors (Lipinski definition) is 6. The Morgan fingerprint density at radius 1 is 0.805 bits per heavy atom. The van der Waals surface area contributed by atoms with Crippen LogP contribution >= 0.6 is 0 Å². The molecule has 0 bridgehead atoms. The topological polar surface area (TPSA) is 116 Å². The number of nitrogens with one attached hydrogen (secondary N) is 1. The highest BCUT2D eigenvalue weighted by atomic mass is 16.2. The van der Waals surface area contributed by atoms with Gasteiger partial charge in [-0.25, -0.2) is 14.9 Å². The molecule has 0 aliphatic rings. The summed E-state index contributed by atoms with van der Waals surface area (Å²) >= 11 is 0. The molecule has 0 aliphatic heterocycles. The second kappa shape index (κ2) is 11.2. The second-order valence-electron chi connectivity index (χ2n) is 10.1. The molecule has 0 atom stereocenters. The lowest BCUT2D eigenvalue weighted by molar-refractivity contribution is 0.600. The lowest BCUT2D eigenvalue weighted by Gasteiger charge is -2.12. The molecule has 3 aromatic carbocycles. The quantitative estimate of drug-likeness (QED) is 0.293. The van der Waals surface area contributed by atoms with Crippen molar-refractivity contribution < 1.29 is 0 Å². The van der Waals surface area contributed by atoms with E-state index in [1.165, 1.54) is 9.13 Å². The van der Waals surface area contributed by atoms with Crippen molar-refractivity contribution in [2.24, 2.45) is 7.05 Å². The summed E-state index contributed by atoms with van der Waals surface area (Å²) in [5, 5.41) is 14.3. The molecule has 3 aromatic heterocycles. The Kier molecular flexibility index (Phi) is 7.11. The van der Waals surface area contributed by atoms with Crippen LogP contribution in [0, 0.1) is 0 Å². The van der Waals surface area contributed by atoms with Gasteiger partial charge in [0.25, 0.3) is 5.56 Å². The van der Waals surface area contributed by atoms with Gasteiger partial charge in [-0.3, -0.25) is 13.9 Å². The van der Waals surface area contributed by atoms with Crippen molar-refractivity contribution in [2.75, 3.05) is 0 Å². The number of nitrogens with zero attached hydrogens (tertiary/aromatic N) is 7. The van der Waals surface area contributed by atoms with E-state index in [-0.39, 0.29) is 11.2 Å². The third kappa shape index (κ3) is 5.00. The molecular formula is C31H30N8O2. The zero-order valence-corrected chi connectivity index (χ0v) is 23.0. The van der Waals surface area contributed by atoms with E-state index in [1.807, 2.05) is 59.2 Å². The number of aryl methyl sites for hydroxylation is 3. The molecule has 6 aromatic rings. The first-order valence-electron chi connectivity index (χ1n) is 13.7. The Labute approximate surface area is 235 Å². The summed E-state index contributed by atoms with van der Waals surface area (Å²) in [6.45, 7) is 2.84. The molecule has 0 fully saturated rings. The van der Waals surface area contributed by atoms with E-state index in [4.69, 9.17) is 4.98 Å². The fourth-order valence-corrected chi connectivity index (χ4v) is 5.27. The summed E-state index contributed by atoms with van der Waals surface area (Å²) in [7, 11) is 1.69. The molecule has 0 amide bonds. The zero-order valence-electron chi connectivity index (χ0n) is 23.0. The molecule has 0 radical (unpaired) electrons. The number of fused-ring (bicyclic) bond motifs is 1. The summed E-state index contributed by atoms with van der Waals surface area (Å²) in [4.78, 5) is 31.8. The highest BCUT2D eigenvalue weighted by Gasteiger charge is 2.20. The number of benzene rings is 3. The molecule has 41 heavy (non-hydrogen) atoms. The molecule has 206 valence electrons. The third-order valence-corrected chi connectivity index (χ3v) is 7.39. The third-order valence-electron chi connectivity index (χ3n) is 7.39. The summed E-state index contributed by atoms with van der Waals surface area (Å²) in [6.07, 6.45) is 2.15. The molecule has 3 heterocycles. The molecule has 0 aliphatic carbocycles. The first kappa shape index (κ1) is 26.1. The van der Waals surface area contributed by atoms with Crippen molar-refractivity contribution in [3.8, 4) is 22.5 Å². The minimum atomic E-state index is -0.351. The standard InChI is InChI=1S/C31H30N8O2/c1-3-9-26-32-29-27(30(40)38(31(41)37(29)2)19-18-21-10-5-4-6-11-21)39(26)20-22-14-16-23(17-15-22)24-12-7-8-13-25(24)28-33-35-36-34-28/h4-8,10-17H,3,9,18-20H2,1-2H3,(H,33,34,35,36). The number of H-pyrrole nitrogens is 1. The Balaban J connectivity index is 1.38. The van der Waals surface area contributed by atoms with Crippen LogP contribution in [0.1, 0.15) is 30.3 Å². The summed E-state index contributed by atoms with van der Waals surface area (Å²) in [5.74, 6) is 1.40. The molecular weight excluding hydrogens is 516 g/mol. The molecule has 10 nitrogen and oxygen atoms in total. The van der Waals surface area contributed by atoms with Crippen LogP contribution in [0.25, 0.3) is 33.7 Å². The molecule has 0 saturated heterocycles. The SMILES string of the molecule is CCCc1nc2c(c(=O)n(CCc3ccccc3)c(=O)n2C)n1Cc1ccc(-c2ccccc2-c2nnn[nH]2)cc1. The van der Waals surface area contributed by atoms with E-state index >= 15 is 0 Å². The summed E-state index contributed by atoms with van der Waals surface area (Å²) < 4.78 is 4.81. The minimum Gasteiger partial charge on any atom is -0.318 e. The van der Waals surface area contributed by atoms with Crippen molar-refractivity contribution in [3.63, 3.8) is 0 Å². The van der Waals surface area contributed by atoms with E-state index in [0.29, 0.717) is 42.9 Å². The van der Waals surface area contributed by atoms with Crippen molar-refractivity contribution in [2.45, 2.75) is 39.3 Å². The van der Waals surface area contributed by atoms with Gasteiger partial charge in [0.15, 0.2) is 17.0 Å². The average Bonchev–Trinajstić information content (AvgIpc) is 3.66. The fourth-order valence-electron chi connectivity index (χ4n) is 5.27. The van der Waals surface area contributed by atoms with E-state index in [1.54, 1.807) is 7.05 Å². The van der Waals surface area contributed by atoms with Crippen molar-refractivity contribution in [1.82, 2.24) is 39.3 Å². The maximum atomic E-state index is 13.8. The highest BCUT2D eigenvalue weighted by molar-refractivity contribution is 5.80. The average molecular weight is 547 g/mol. The van der Waals surface area contributed by atoms with Gasteiger partial charge in [0.1, 0.15) is 5.82 Å². The molecule has 1 N–H and O–H groups in total. The van der Waals surface area contributed by atoms with E-state index in [0.717, 1.165) is 40.1 Å². The minimum absolute atomic E-state index is 0.300. The second-order valence-corrected chi connectivity index (χ2v) is 10.1. The number of hydrogen-bond donors (Lipinski definition) is 1. The maximum Gasteiger partial charge on any atom is 0.332 e. The van der Waals surface area contributed by atoms with Gasteiger partial charge in [0.05, 0.1) is 0 Å². The van der Waals surface area contributed by atoms with Crippen LogP contribution in [-0.4, -0.2) is 39.3 Å². The monoisotopic (exact) mass is 546 g/mol. The predicted octanol–water partition coefficient (Wildman–Crippen LogP) is 3.99. The van der Waals surface area contributed by atoms with Crippen LogP contribution in [0.3, 0.4) is 0 Å². The lowest BCUT2D eigenvalue weighted by Crippen LogP contribution is -2.40. The van der Waals surface area contributed by atoms with Gasteiger partial charge in [-0.05, 0) is 45.5 Å². The van der Waals surface area contributed by atoms with Crippen LogP contribution in [-0.2, 0) is 33.0 Å². The molecule has 10 heteroatoms. The first-order chi connectivity index (χ1) is 20.0. The van der Waals surface area contributed by atoms with Gasteiger partial charge < -0.3 is 4.57 Å². The van der Waals surface area contributed by atoms with Gasteiger partial charge in [0, 0.05) is 32.1 Å². The molecule has 6 rings (SSSR count). The normalized spacial score (nSPS) is 11.4. The van der Waals surface area contributed by atoms with Gasteiger partial charge in [-0.15, -0.1) is 5.10 Å². The van der Waals surface area contributed by atoms with E-state index < -0.39 is 0 Å². The molecule has 0 unspecified atom stereocenters. The van der Waals surface area contributed by atoms with Gasteiger partial charge >= 0.3 is 5.69 Å². The van der Waals surface area contributed by atoms with Crippen LogP contribution in [0.15, 0.2) is 88.5 Å². The van der Waals surface area contributed by atoms with Crippen molar-refractivity contribution in [3.05, 3.63) is 117 Å². The molecule has 0 spiro atoms. The summed E-state index contributed by atoms with van der Waals surface area (Å²) in [5.41, 5.74) is 5.26. The number of imidazole rings is 1. The Morgan fingerprint density at radius 3 is 2.24 bits per heavy atom. The molecule has 0 saturated carbocycles. The number of tetrazole rings is 1. The van der Waals surface area contributed by atoms with Crippen molar-refractivity contribution >= 4 is 11.2 Å². The number of aromatic amines is 1. The van der Waals surface area contributed by atoms with Crippen LogP contribution in [0.2, 0.25) is 0 Å². The highest BCUT2D eigenvalue weighted by Crippen LogP contribution is 2.30. The van der Waals surface area contributed by atoms with Crippen molar-refractivity contribution in [1.29, 1.82) is 0 Å². The van der Waals surface area contributed by atoms with Gasteiger partial charge in [-0.2, -0.15) is 0 Å². The number of rotatable bonds is 9. The van der Waals surface area contributed by atoms with E-state index in [2.05, 4.69) is 51.8 Å². The van der Waals surface area contributed by atoms with Crippen LogP contribution in [0.4, 0.5) is 0 Å². The Hall–Kier alpha value is -5.12. The first-order valence-corrected chi connectivity index (χ1v) is 13.7. The number of aromatic nitrogens is 8. The Bertz CT molecular complexity index is 1920. The fraction of sp³-hybridized carbons (Fsp3) is 0.226. The van der Waals surface area contributed by atoms with E-state index in [9.17, 15) is 9.59 Å². The smallest absolute Gasteiger partial charge is 0.318 e. The largest absolute Gasteiger partial charge is 0.332 e. The lowest BCUT2D eigenvalue weighted by atomic mass is 9.98. The Morgan fingerprint density at radius 2 is 1.54 bits per heavy atom. The summed E-state index contributed by atoms with van der Waals surface area (Å²) in [6, 6.07) is 26.1. The zero-order chi connectivity index (χ0) is 28.3. The predicted molar refractivity (Wildman–Crippen MR) is 158 cm³/mol.